The van der Waals surface area contributed by atoms with Gasteiger partial charge in [0.25, 0.3) is 0 Å². The zero-order chi connectivity index (χ0) is 11.7. The van der Waals surface area contributed by atoms with Crippen molar-refractivity contribution in [3.05, 3.63) is 35.4 Å². The van der Waals surface area contributed by atoms with Gasteiger partial charge in [0.05, 0.1) is 0 Å². The molecule has 0 amide bonds. The average Bonchev–Trinajstić information content (AvgIpc) is 2.27. The summed E-state index contributed by atoms with van der Waals surface area (Å²) < 4.78 is 0. The van der Waals surface area contributed by atoms with E-state index in [2.05, 4.69) is 56.9 Å². The third kappa shape index (κ3) is 2.15. The summed E-state index contributed by atoms with van der Waals surface area (Å²) in [5, 5.41) is 0. The molecular weight excluding hydrogens is 194 g/mol. The Morgan fingerprint density at radius 2 is 1.69 bits per heavy atom. The number of benzene rings is 1. The van der Waals surface area contributed by atoms with Crippen LogP contribution in [0.2, 0.25) is 0 Å². The second kappa shape index (κ2) is 4.58. The topological polar surface area (TPSA) is 3.24 Å². The van der Waals surface area contributed by atoms with Crippen LogP contribution in [0.3, 0.4) is 0 Å². The Labute approximate surface area is 99.5 Å². The number of rotatable bonds is 2. The molecule has 0 saturated carbocycles. The predicted molar refractivity (Wildman–Crippen MR) is 69.5 cm³/mol. The highest BCUT2D eigenvalue weighted by Gasteiger charge is 2.29. The lowest BCUT2D eigenvalue weighted by molar-refractivity contribution is 0.0973. The van der Waals surface area contributed by atoms with E-state index in [4.69, 9.17) is 0 Å². The van der Waals surface area contributed by atoms with Gasteiger partial charge in [-0.1, -0.05) is 38.1 Å². The molecule has 0 radical (unpaired) electrons. The van der Waals surface area contributed by atoms with Crippen molar-refractivity contribution >= 4 is 0 Å². The van der Waals surface area contributed by atoms with Crippen LogP contribution in [0.1, 0.15) is 38.8 Å². The second-order valence-corrected chi connectivity index (χ2v) is 5.55. The van der Waals surface area contributed by atoms with Crippen LogP contribution in [0.5, 0.6) is 0 Å². The van der Waals surface area contributed by atoms with Crippen molar-refractivity contribution in [1.82, 2.24) is 4.90 Å². The fourth-order valence-electron chi connectivity index (χ4n) is 2.75. The zero-order valence-corrected chi connectivity index (χ0v) is 10.9. The molecule has 88 valence electrons. The van der Waals surface area contributed by atoms with Gasteiger partial charge < -0.3 is 0 Å². The third-order valence-corrected chi connectivity index (χ3v) is 3.76. The molecule has 0 aliphatic carbocycles. The van der Waals surface area contributed by atoms with E-state index in [1.54, 1.807) is 5.56 Å². The molecule has 1 aromatic carbocycles. The maximum Gasteiger partial charge on any atom is 0.0242 e. The quantitative estimate of drug-likeness (QED) is 0.733. The first-order valence-electron chi connectivity index (χ1n) is 6.42. The summed E-state index contributed by atoms with van der Waals surface area (Å²) in [5.41, 5.74) is 3.08. The van der Waals surface area contributed by atoms with Crippen molar-refractivity contribution in [3.8, 4) is 0 Å². The van der Waals surface area contributed by atoms with Crippen LogP contribution in [0.25, 0.3) is 0 Å². The van der Waals surface area contributed by atoms with Gasteiger partial charge in [0, 0.05) is 18.6 Å². The molecule has 1 aromatic rings. The lowest BCUT2D eigenvalue weighted by Gasteiger charge is -2.41. The summed E-state index contributed by atoms with van der Waals surface area (Å²) >= 11 is 0. The van der Waals surface area contributed by atoms with Crippen molar-refractivity contribution in [2.24, 2.45) is 5.92 Å². The van der Waals surface area contributed by atoms with E-state index < -0.39 is 0 Å². The van der Waals surface area contributed by atoms with Gasteiger partial charge in [-0.2, -0.15) is 0 Å². The summed E-state index contributed by atoms with van der Waals surface area (Å²) in [5.74, 6) is 0.732. The number of hydrogen-bond donors (Lipinski definition) is 0. The molecule has 2 rings (SSSR count). The van der Waals surface area contributed by atoms with Crippen LogP contribution in [-0.2, 0) is 13.0 Å². The first kappa shape index (κ1) is 11.7. The molecule has 0 fully saturated rings. The second-order valence-electron chi connectivity index (χ2n) is 5.55. The largest absolute Gasteiger partial charge is 0.293 e. The summed E-state index contributed by atoms with van der Waals surface area (Å²) in [6.45, 7) is 10.4. The van der Waals surface area contributed by atoms with E-state index >= 15 is 0 Å². The van der Waals surface area contributed by atoms with Crippen molar-refractivity contribution in [3.63, 3.8) is 0 Å². The van der Waals surface area contributed by atoms with Crippen LogP contribution in [0.15, 0.2) is 24.3 Å². The van der Waals surface area contributed by atoms with E-state index in [-0.39, 0.29) is 0 Å². The Morgan fingerprint density at radius 1 is 1.06 bits per heavy atom. The SMILES string of the molecule is CC(C)[C@H]1Cc2ccccc2CN1C(C)C. The molecule has 16 heavy (non-hydrogen) atoms. The highest BCUT2D eigenvalue weighted by atomic mass is 15.2. The van der Waals surface area contributed by atoms with Gasteiger partial charge in [0.1, 0.15) is 0 Å². The zero-order valence-electron chi connectivity index (χ0n) is 10.9. The van der Waals surface area contributed by atoms with Gasteiger partial charge in [-0.05, 0) is 37.3 Å². The first-order valence-corrected chi connectivity index (χ1v) is 6.42. The smallest absolute Gasteiger partial charge is 0.0242 e. The summed E-state index contributed by atoms with van der Waals surface area (Å²) in [6.07, 6.45) is 1.21. The highest BCUT2D eigenvalue weighted by Crippen LogP contribution is 2.28. The number of nitrogens with zero attached hydrogens (tertiary/aromatic N) is 1. The van der Waals surface area contributed by atoms with Crippen LogP contribution in [0.4, 0.5) is 0 Å². The maximum absolute atomic E-state index is 2.65. The van der Waals surface area contributed by atoms with Crippen LogP contribution >= 0.6 is 0 Å². The Hall–Kier alpha value is -0.820. The molecule has 0 aromatic heterocycles. The predicted octanol–water partition coefficient (Wildman–Crippen LogP) is 3.48. The lowest BCUT2D eigenvalue weighted by Crippen LogP contribution is -2.47. The van der Waals surface area contributed by atoms with Crippen molar-refractivity contribution < 1.29 is 0 Å². The standard InChI is InChI=1S/C15H23N/c1-11(2)15-9-13-7-5-6-8-14(13)10-16(15)12(3)4/h5-8,11-12,15H,9-10H2,1-4H3/t15-/m1/s1. The minimum absolute atomic E-state index is 0.640. The Morgan fingerprint density at radius 3 is 2.25 bits per heavy atom. The average molecular weight is 217 g/mol. The fraction of sp³-hybridized carbons (Fsp3) is 0.600. The number of fused-ring (bicyclic) bond motifs is 1. The molecule has 1 aliphatic rings. The van der Waals surface area contributed by atoms with E-state index in [0.29, 0.717) is 12.1 Å². The van der Waals surface area contributed by atoms with E-state index in [9.17, 15) is 0 Å². The minimum Gasteiger partial charge on any atom is -0.293 e. The van der Waals surface area contributed by atoms with Gasteiger partial charge in [0.2, 0.25) is 0 Å². The molecule has 0 spiro atoms. The Kier molecular flexibility index (Phi) is 3.34. The van der Waals surface area contributed by atoms with E-state index in [0.717, 1.165) is 12.5 Å². The molecule has 1 atom stereocenters. The molecule has 1 nitrogen and oxygen atoms in total. The normalized spacial score (nSPS) is 21.5. The van der Waals surface area contributed by atoms with Gasteiger partial charge in [0.15, 0.2) is 0 Å². The van der Waals surface area contributed by atoms with Gasteiger partial charge in [-0.15, -0.1) is 0 Å². The molecule has 0 N–H and O–H groups in total. The molecule has 0 saturated heterocycles. The van der Waals surface area contributed by atoms with Crippen molar-refractivity contribution in [2.75, 3.05) is 0 Å². The lowest BCUT2D eigenvalue weighted by atomic mass is 9.87. The fourth-order valence-corrected chi connectivity index (χ4v) is 2.75. The molecule has 1 heteroatoms. The van der Waals surface area contributed by atoms with Gasteiger partial charge in [-0.3, -0.25) is 4.90 Å². The summed E-state index contributed by atoms with van der Waals surface area (Å²) in [7, 11) is 0. The van der Waals surface area contributed by atoms with Gasteiger partial charge in [-0.25, -0.2) is 0 Å². The van der Waals surface area contributed by atoms with Crippen molar-refractivity contribution in [2.45, 2.75) is 52.7 Å². The highest BCUT2D eigenvalue weighted by molar-refractivity contribution is 5.30. The van der Waals surface area contributed by atoms with E-state index in [1.165, 1.54) is 12.0 Å². The first-order chi connectivity index (χ1) is 7.59. The molecule has 1 aliphatic heterocycles. The third-order valence-electron chi connectivity index (χ3n) is 3.76. The van der Waals surface area contributed by atoms with Crippen LogP contribution < -0.4 is 0 Å². The Bertz CT molecular complexity index is 319. The van der Waals surface area contributed by atoms with E-state index in [1.807, 2.05) is 0 Å². The maximum atomic E-state index is 2.65. The molecular formula is C15H23N. The minimum atomic E-state index is 0.640. The van der Waals surface area contributed by atoms with Crippen molar-refractivity contribution in [1.29, 1.82) is 0 Å². The number of hydrogen-bond acceptors (Lipinski definition) is 1. The molecule has 1 heterocycles. The van der Waals surface area contributed by atoms with Crippen LogP contribution in [0, 0.1) is 5.92 Å². The Balaban J connectivity index is 2.29. The summed E-state index contributed by atoms with van der Waals surface area (Å²) in [4.78, 5) is 2.65. The molecule has 0 unspecified atom stereocenters. The van der Waals surface area contributed by atoms with Gasteiger partial charge >= 0.3 is 0 Å². The van der Waals surface area contributed by atoms with Crippen LogP contribution in [-0.4, -0.2) is 17.0 Å². The molecule has 0 bridgehead atoms. The monoisotopic (exact) mass is 217 g/mol. The summed E-state index contributed by atoms with van der Waals surface area (Å²) in [6, 6.07) is 10.2.